The van der Waals surface area contributed by atoms with E-state index in [1.807, 2.05) is 13.8 Å². The van der Waals surface area contributed by atoms with Crippen LogP contribution in [0.5, 0.6) is 0 Å². The topological polar surface area (TPSA) is 44.0 Å². The van der Waals surface area contributed by atoms with E-state index in [4.69, 9.17) is 0 Å². The molecule has 14 heavy (non-hydrogen) atoms. The third-order valence-electron chi connectivity index (χ3n) is 3.45. The Morgan fingerprint density at radius 1 is 1.50 bits per heavy atom. The molecule has 0 heterocycles. The van der Waals surface area contributed by atoms with Crippen LogP contribution in [0.15, 0.2) is 0 Å². The lowest BCUT2D eigenvalue weighted by Gasteiger charge is -2.39. The van der Waals surface area contributed by atoms with E-state index >= 15 is 0 Å². The highest BCUT2D eigenvalue weighted by Crippen LogP contribution is 2.43. The lowest BCUT2D eigenvalue weighted by molar-refractivity contribution is -0.00757. The molecule has 0 aliphatic heterocycles. The molecular formula is C12H21NO. The van der Waals surface area contributed by atoms with Crippen LogP contribution in [0, 0.1) is 28.6 Å². The quantitative estimate of drug-likeness (QED) is 0.736. The van der Waals surface area contributed by atoms with Crippen LogP contribution in [0.2, 0.25) is 0 Å². The van der Waals surface area contributed by atoms with Gasteiger partial charge in [0, 0.05) is 0 Å². The summed E-state index contributed by atoms with van der Waals surface area (Å²) in [5.41, 5.74) is -0.466. The van der Waals surface area contributed by atoms with Gasteiger partial charge >= 0.3 is 0 Å². The Balaban J connectivity index is 2.80. The number of hydrogen-bond donors (Lipinski definition) is 1. The van der Waals surface area contributed by atoms with E-state index < -0.39 is 11.5 Å². The van der Waals surface area contributed by atoms with Gasteiger partial charge in [-0.05, 0) is 24.7 Å². The van der Waals surface area contributed by atoms with Crippen LogP contribution in [-0.2, 0) is 0 Å². The first-order valence-corrected chi connectivity index (χ1v) is 5.61. The fraction of sp³-hybridized carbons (Fsp3) is 0.917. The van der Waals surface area contributed by atoms with Gasteiger partial charge in [0.2, 0.25) is 0 Å². The summed E-state index contributed by atoms with van der Waals surface area (Å²) in [7, 11) is 0. The first kappa shape index (κ1) is 11.5. The second kappa shape index (κ2) is 4.31. The standard InChI is InChI=1S/C12H21NO/c1-9(2)11(14)12(8-13)6-4-5-10(3)7-12/h9-11,14H,4-7H2,1-3H3. The zero-order valence-electron chi connectivity index (χ0n) is 9.45. The van der Waals surface area contributed by atoms with Crippen molar-refractivity contribution in [1.29, 1.82) is 5.26 Å². The summed E-state index contributed by atoms with van der Waals surface area (Å²) in [6.45, 7) is 6.16. The van der Waals surface area contributed by atoms with Crippen molar-refractivity contribution in [2.75, 3.05) is 0 Å². The lowest BCUT2D eigenvalue weighted by atomic mass is 9.65. The van der Waals surface area contributed by atoms with Gasteiger partial charge in [-0.1, -0.05) is 33.6 Å². The molecule has 2 heteroatoms. The number of rotatable bonds is 2. The molecule has 1 N–H and O–H groups in total. The molecule has 3 atom stereocenters. The first-order valence-electron chi connectivity index (χ1n) is 5.61. The van der Waals surface area contributed by atoms with Crippen LogP contribution >= 0.6 is 0 Å². The molecule has 0 spiro atoms. The van der Waals surface area contributed by atoms with Crippen LogP contribution < -0.4 is 0 Å². The van der Waals surface area contributed by atoms with Crippen LogP contribution in [0.25, 0.3) is 0 Å². The van der Waals surface area contributed by atoms with Gasteiger partial charge in [-0.25, -0.2) is 0 Å². The predicted molar refractivity (Wildman–Crippen MR) is 56.5 cm³/mol. The minimum absolute atomic E-state index is 0.181. The van der Waals surface area contributed by atoms with Crippen LogP contribution in [0.3, 0.4) is 0 Å². The summed E-state index contributed by atoms with van der Waals surface area (Å²) in [6, 6.07) is 2.38. The average Bonchev–Trinajstić information content (AvgIpc) is 2.16. The Hall–Kier alpha value is -0.550. The first-order chi connectivity index (χ1) is 6.52. The number of aliphatic hydroxyl groups excluding tert-OH is 1. The zero-order valence-corrected chi connectivity index (χ0v) is 9.45. The molecule has 0 radical (unpaired) electrons. The largest absolute Gasteiger partial charge is 0.391 e. The van der Waals surface area contributed by atoms with Gasteiger partial charge in [0.1, 0.15) is 0 Å². The highest BCUT2D eigenvalue weighted by Gasteiger charge is 2.42. The Morgan fingerprint density at radius 3 is 2.57 bits per heavy atom. The van der Waals surface area contributed by atoms with Gasteiger partial charge in [-0.3, -0.25) is 0 Å². The Morgan fingerprint density at radius 2 is 2.14 bits per heavy atom. The van der Waals surface area contributed by atoms with Gasteiger partial charge in [-0.2, -0.15) is 5.26 Å². The minimum Gasteiger partial charge on any atom is -0.391 e. The van der Waals surface area contributed by atoms with Crippen molar-refractivity contribution in [2.24, 2.45) is 17.3 Å². The van der Waals surface area contributed by atoms with Crippen LogP contribution in [0.1, 0.15) is 46.5 Å². The van der Waals surface area contributed by atoms with Gasteiger partial charge in [0.25, 0.3) is 0 Å². The normalized spacial score (nSPS) is 35.3. The molecule has 0 aromatic heterocycles. The van der Waals surface area contributed by atoms with E-state index in [1.54, 1.807) is 0 Å². The maximum Gasteiger partial charge on any atom is 0.0837 e. The molecule has 0 aromatic rings. The van der Waals surface area contributed by atoms with E-state index in [0.717, 1.165) is 19.3 Å². The summed E-state index contributed by atoms with van der Waals surface area (Å²) >= 11 is 0. The fourth-order valence-electron chi connectivity index (χ4n) is 2.67. The van der Waals surface area contributed by atoms with Gasteiger partial charge in [0.15, 0.2) is 0 Å². The predicted octanol–water partition coefficient (Wildman–Crippen LogP) is 2.72. The zero-order chi connectivity index (χ0) is 10.8. The van der Waals surface area contributed by atoms with Crippen LogP contribution in [-0.4, -0.2) is 11.2 Å². The number of aliphatic hydroxyl groups is 1. The van der Waals surface area contributed by atoms with Crippen molar-refractivity contribution in [3.8, 4) is 6.07 Å². The summed E-state index contributed by atoms with van der Waals surface area (Å²) < 4.78 is 0. The third kappa shape index (κ3) is 2.09. The molecule has 1 saturated carbocycles. The van der Waals surface area contributed by atoms with E-state index in [-0.39, 0.29) is 5.92 Å². The SMILES string of the molecule is CC1CCCC(C#N)(C(O)C(C)C)C1. The highest BCUT2D eigenvalue weighted by molar-refractivity contribution is 5.06. The van der Waals surface area contributed by atoms with Crippen molar-refractivity contribution < 1.29 is 5.11 Å². The summed E-state index contributed by atoms with van der Waals surface area (Å²) in [6.07, 6.45) is 3.55. The highest BCUT2D eigenvalue weighted by atomic mass is 16.3. The monoisotopic (exact) mass is 195 g/mol. The van der Waals surface area contributed by atoms with E-state index in [0.29, 0.717) is 5.92 Å². The second-order valence-corrected chi connectivity index (χ2v) is 5.16. The van der Waals surface area contributed by atoms with Crippen molar-refractivity contribution >= 4 is 0 Å². The Kier molecular flexibility index (Phi) is 3.55. The molecule has 3 unspecified atom stereocenters. The van der Waals surface area contributed by atoms with E-state index in [9.17, 15) is 10.4 Å². The van der Waals surface area contributed by atoms with E-state index in [2.05, 4.69) is 13.0 Å². The number of nitriles is 1. The molecule has 1 fully saturated rings. The molecule has 2 nitrogen and oxygen atoms in total. The summed E-state index contributed by atoms with van der Waals surface area (Å²) in [5, 5.41) is 19.4. The molecule has 0 amide bonds. The maximum absolute atomic E-state index is 10.1. The Bertz CT molecular complexity index is 231. The molecule has 0 aromatic carbocycles. The van der Waals surface area contributed by atoms with Crippen molar-refractivity contribution in [2.45, 2.75) is 52.6 Å². The molecular weight excluding hydrogens is 174 g/mol. The van der Waals surface area contributed by atoms with Crippen molar-refractivity contribution in [1.82, 2.24) is 0 Å². The van der Waals surface area contributed by atoms with Crippen molar-refractivity contribution in [3.05, 3.63) is 0 Å². The number of nitrogens with zero attached hydrogens (tertiary/aromatic N) is 1. The summed E-state index contributed by atoms with van der Waals surface area (Å²) in [4.78, 5) is 0. The van der Waals surface area contributed by atoms with E-state index in [1.165, 1.54) is 6.42 Å². The molecule has 0 bridgehead atoms. The third-order valence-corrected chi connectivity index (χ3v) is 3.45. The van der Waals surface area contributed by atoms with Crippen LogP contribution in [0.4, 0.5) is 0 Å². The average molecular weight is 195 g/mol. The van der Waals surface area contributed by atoms with Gasteiger partial charge in [-0.15, -0.1) is 0 Å². The second-order valence-electron chi connectivity index (χ2n) is 5.16. The van der Waals surface area contributed by atoms with Gasteiger partial charge in [0.05, 0.1) is 17.6 Å². The number of hydrogen-bond acceptors (Lipinski definition) is 2. The lowest BCUT2D eigenvalue weighted by Crippen LogP contribution is -2.41. The van der Waals surface area contributed by atoms with Crippen molar-refractivity contribution in [3.63, 3.8) is 0 Å². The molecule has 1 rings (SSSR count). The van der Waals surface area contributed by atoms with Gasteiger partial charge < -0.3 is 5.11 Å². The molecule has 80 valence electrons. The molecule has 1 aliphatic rings. The Labute approximate surface area is 86.9 Å². The smallest absolute Gasteiger partial charge is 0.0837 e. The molecule has 0 saturated heterocycles. The minimum atomic E-state index is -0.466. The summed E-state index contributed by atoms with van der Waals surface area (Å²) in [5.74, 6) is 0.761. The molecule has 1 aliphatic carbocycles. The maximum atomic E-state index is 10.1. The fourth-order valence-corrected chi connectivity index (χ4v) is 2.67.